The number of hydrogen-bond acceptors (Lipinski definition) is 4. The van der Waals surface area contributed by atoms with Crippen molar-refractivity contribution >= 4 is 32.7 Å². The van der Waals surface area contributed by atoms with Crippen molar-refractivity contribution in [1.82, 2.24) is 9.97 Å². The third-order valence-corrected chi connectivity index (χ3v) is 3.75. The summed E-state index contributed by atoms with van der Waals surface area (Å²) in [5, 5.41) is 12.6. The van der Waals surface area contributed by atoms with Crippen molar-refractivity contribution in [3.63, 3.8) is 0 Å². The van der Waals surface area contributed by atoms with Gasteiger partial charge in [0.05, 0.1) is 11.2 Å². The number of anilines is 1. The van der Waals surface area contributed by atoms with E-state index in [1.54, 1.807) is 12.4 Å². The standard InChI is InChI=1S/C15H20BrN3O/c1-15(2,10-20)5-3-6-17-12-4-7-18-13-8-11(16)9-19-14(12)13/h4,7-9,20H,3,5-6,10H2,1-2H3,(H,17,18). The molecule has 0 fully saturated rings. The summed E-state index contributed by atoms with van der Waals surface area (Å²) >= 11 is 3.40. The summed E-state index contributed by atoms with van der Waals surface area (Å²) in [4.78, 5) is 8.73. The molecular weight excluding hydrogens is 318 g/mol. The zero-order valence-electron chi connectivity index (χ0n) is 11.9. The van der Waals surface area contributed by atoms with Gasteiger partial charge in [0.25, 0.3) is 0 Å². The number of hydrogen-bond donors (Lipinski definition) is 2. The van der Waals surface area contributed by atoms with Crippen LogP contribution in [-0.2, 0) is 0 Å². The van der Waals surface area contributed by atoms with Gasteiger partial charge in [-0.1, -0.05) is 13.8 Å². The van der Waals surface area contributed by atoms with Crippen LogP contribution in [0.1, 0.15) is 26.7 Å². The molecule has 0 saturated carbocycles. The average Bonchev–Trinajstić information content (AvgIpc) is 2.43. The molecular formula is C15H20BrN3O. The van der Waals surface area contributed by atoms with Crippen molar-refractivity contribution in [2.24, 2.45) is 5.41 Å². The molecule has 2 rings (SSSR count). The maximum atomic E-state index is 9.23. The number of halogens is 1. The lowest BCUT2D eigenvalue weighted by atomic mass is 9.89. The lowest BCUT2D eigenvalue weighted by molar-refractivity contribution is 0.149. The third-order valence-electron chi connectivity index (χ3n) is 3.32. The molecule has 4 nitrogen and oxygen atoms in total. The zero-order chi connectivity index (χ0) is 14.6. The lowest BCUT2D eigenvalue weighted by Crippen LogP contribution is -2.18. The number of aromatic nitrogens is 2. The van der Waals surface area contributed by atoms with Crippen LogP contribution in [0.2, 0.25) is 0 Å². The van der Waals surface area contributed by atoms with E-state index in [4.69, 9.17) is 0 Å². The normalized spacial score (nSPS) is 11.8. The second-order valence-electron chi connectivity index (χ2n) is 5.73. The Morgan fingerprint density at radius 3 is 2.90 bits per heavy atom. The maximum Gasteiger partial charge on any atom is 0.112 e. The summed E-state index contributed by atoms with van der Waals surface area (Å²) in [6.45, 7) is 5.24. The minimum Gasteiger partial charge on any atom is -0.396 e. The second-order valence-corrected chi connectivity index (χ2v) is 6.65. The predicted octanol–water partition coefficient (Wildman–Crippen LogP) is 3.60. The van der Waals surface area contributed by atoms with Gasteiger partial charge in [-0.05, 0) is 46.3 Å². The van der Waals surface area contributed by atoms with Crippen LogP contribution in [0.3, 0.4) is 0 Å². The van der Waals surface area contributed by atoms with Crippen molar-refractivity contribution < 1.29 is 5.11 Å². The van der Waals surface area contributed by atoms with Crippen LogP contribution in [0.4, 0.5) is 5.69 Å². The molecule has 0 unspecified atom stereocenters. The first-order chi connectivity index (χ1) is 9.52. The lowest BCUT2D eigenvalue weighted by Gasteiger charge is -2.21. The van der Waals surface area contributed by atoms with Gasteiger partial charge in [-0.3, -0.25) is 9.97 Å². The van der Waals surface area contributed by atoms with Gasteiger partial charge >= 0.3 is 0 Å². The molecule has 0 aliphatic carbocycles. The number of aliphatic hydroxyl groups excluding tert-OH is 1. The van der Waals surface area contributed by atoms with Crippen LogP contribution in [0.15, 0.2) is 29.0 Å². The van der Waals surface area contributed by atoms with E-state index in [2.05, 4.69) is 45.1 Å². The second kappa shape index (κ2) is 6.50. The Kier molecular flexibility index (Phi) is 4.94. The monoisotopic (exact) mass is 337 g/mol. The van der Waals surface area contributed by atoms with E-state index < -0.39 is 0 Å². The average molecular weight is 338 g/mol. The molecule has 2 aromatic heterocycles. The van der Waals surface area contributed by atoms with Crippen molar-refractivity contribution in [2.45, 2.75) is 26.7 Å². The highest BCUT2D eigenvalue weighted by atomic mass is 79.9. The van der Waals surface area contributed by atoms with Gasteiger partial charge in [0.1, 0.15) is 5.52 Å². The number of aliphatic hydroxyl groups is 1. The summed E-state index contributed by atoms with van der Waals surface area (Å²) in [6.07, 6.45) is 5.56. The summed E-state index contributed by atoms with van der Waals surface area (Å²) in [6, 6.07) is 3.91. The van der Waals surface area contributed by atoms with Crippen LogP contribution in [0, 0.1) is 5.41 Å². The molecule has 0 spiro atoms. The van der Waals surface area contributed by atoms with Gasteiger partial charge in [0, 0.05) is 30.0 Å². The number of nitrogens with zero attached hydrogens (tertiary/aromatic N) is 2. The molecule has 0 amide bonds. The molecule has 0 radical (unpaired) electrons. The molecule has 0 aromatic carbocycles. The highest BCUT2D eigenvalue weighted by Crippen LogP contribution is 2.23. The summed E-state index contributed by atoms with van der Waals surface area (Å²) in [5.74, 6) is 0. The topological polar surface area (TPSA) is 58.0 Å². The molecule has 108 valence electrons. The van der Waals surface area contributed by atoms with Crippen molar-refractivity contribution in [1.29, 1.82) is 0 Å². The Morgan fingerprint density at radius 1 is 1.35 bits per heavy atom. The molecule has 0 aliphatic heterocycles. The predicted molar refractivity (Wildman–Crippen MR) is 85.8 cm³/mol. The van der Waals surface area contributed by atoms with E-state index in [9.17, 15) is 5.11 Å². The maximum absolute atomic E-state index is 9.23. The molecule has 0 bridgehead atoms. The van der Waals surface area contributed by atoms with Gasteiger partial charge < -0.3 is 10.4 Å². The van der Waals surface area contributed by atoms with Crippen LogP contribution in [0.5, 0.6) is 0 Å². The molecule has 20 heavy (non-hydrogen) atoms. The van der Waals surface area contributed by atoms with Crippen LogP contribution in [-0.4, -0.2) is 28.2 Å². The minimum absolute atomic E-state index is 0.00882. The Morgan fingerprint density at radius 2 is 2.15 bits per heavy atom. The third kappa shape index (κ3) is 3.90. The smallest absolute Gasteiger partial charge is 0.112 e. The zero-order valence-corrected chi connectivity index (χ0v) is 13.4. The van der Waals surface area contributed by atoms with Crippen molar-refractivity contribution in [3.05, 3.63) is 29.0 Å². The van der Waals surface area contributed by atoms with E-state index in [1.807, 2.05) is 12.1 Å². The SMILES string of the molecule is CC(C)(CO)CCCNc1ccnc2cc(Br)cnc12. The summed E-state index contributed by atoms with van der Waals surface area (Å²) in [5.41, 5.74) is 2.76. The molecule has 0 aliphatic rings. The number of pyridine rings is 2. The number of nitrogens with one attached hydrogen (secondary N) is 1. The molecule has 2 aromatic rings. The Balaban J connectivity index is 2.00. The van der Waals surface area contributed by atoms with Crippen LogP contribution >= 0.6 is 15.9 Å². The first-order valence-corrected chi connectivity index (χ1v) is 7.56. The quantitative estimate of drug-likeness (QED) is 0.790. The van der Waals surface area contributed by atoms with Gasteiger partial charge in [0.15, 0.2) is 0 Å². The summed E-state index contributed by atoms with van der Waals surface area (Å²) in [7, 11) is 0. The fourth-order valence-electron chi connectivity index (χ4n) is 2.02. The largest absolute Gasteiger partial charge is 0.396 e. The first kappa shape index (κ1) is 15.2. The molecule has 5 heteroatoms. The molecule has 0 saturated heterocycles. The Hall–Kier alpha value is -1.20. The Bertz CT molecular complexity index is 586. The van der Waals surface area contributed by atoms with Gasteiger partial charge in [-0.2, -0.15) is 0 Å². The Labute approximate surface area is 127 Å². The first-order valence-electron chi connectivity index (χ1n) is 6.77. The highest BCUT2D eigenvalue weighted by molar-refractivity contribution is 9.10. The van der Waals surface area contributed by atoms with Crippen LogP contribution in [0.25, 0.3) is 11.0 Å². The fourth-order valence-corrected chi connectivity index (χ4v) is 2.34. The molecule has 2 N–H and O–H groups in total. The van der Waals surface area contributed by atoms with Crippen LogP contribution < -0.4 is 5.32 Å². The van der Waals surface area contributed by atoms with Gasteiger partial charge in [-0.15, -0.1) is 0 Å². The van der Waals surface area contributed by atoms with E-state index >= 15 is 0 Å². The minimum atomic E-state index is -0.00882. The van der Waals surface area contributed by atoms with Gasteiger partial charge in [0.2, 0.25) is 0 Å². The van der Waals surface area contributed by atoms with Crippen molar-refractivity contribution in [3.8, 4) is 0 Å². The van der Waals surface area contributed by atoms with E-state index in [0.717, 1.165) is 40.6 Å². The van der Waals surface area contributed by atoms with E-state index in [1.165, 1.54) is 0 Å². The van der Waals surface area contributed by atoms with E-state index in [-0.39, 0.29) is 12.0 Å². The van der Waals surface area contributed by atoms with Crippen molar-refractivity contribution in [2.75, 3.05) is 18.5 Å². The number of fused-ring (bicyclic) bond motifs is 1. The molecule has 2 heterocycles. The summed E-state index contributed by atoms with van der Waals surface area (Å²) < 4.78 is 0.930. The fraction of sp³-hybridized carbons (Fsp3) is 0.467. The number of rotatable bonds is 6. The molecule has 0 atom stereocenters. The van der Waals surface area contributed by atoms with E-state index in [0.29, 0.717) is 0 Å². The van der Waals surface area contributed by atoms with Gasteiger partial charge in [-0.25, -0.2) is 0 Å². The highest BCUT2D eigenvalue weighted by Gasteiger charge is 2.15.